The summed E-state index contributed by atoms with van der Waals surface area (Å²) in [5.74, 6) is 0.295. The van der Waals surface area contributed by atoms with E-state index in [1.807, 2.05) is 12.1 Å². The van der Waals surface area contributed by atoms with Crippen molar-refractivity contribution in [2.45, 2.75) is 57.2 Å². The molecule has 0 aromatic heterocycles. The van der Waals surface area contributed by atoms with Gasteiger partial charge in [-0.05, 0) is 62.8 Å². The lowest BCUT2D eigenvalue weighted by atomic mass is 10.1. The van der Waals surface area contributed by atoms with Gasteiger partial charge in [0.25, 0.3) is 5.91 Å². The Kier molecular flexibility index (Phi) is 4.73. The lowest BCUT2D eigenvalue weighted by Gasteiger charge is -2.32. The van der Waals surface area contributed by atoms with Gasteiger partial charge < -0.3 is 20.7 Å². The van der Waals surface area contributed by atoms with Crippen molar-refractivity contribution in [3.05, 3.63) is 29.3 Å². The van der Waals surface area contributed by atoms with Crippen molar-refractivity contribution in [2.75, 3.05) is 13.6 Å². The van der Waals surface area contributed by atoms with E-state index in [0.717, 1.165) is 12.8 Å². The van der Waals surface area contributed by atoms with Crippen molar-refractivity contribution in [1.29, 1.82) is 0 Å². The van der Waals surface area contributed by atoms with Gasteiger partial charge in [-0.3, -0.25) is 9.59 Å². The van der Waals surface area contributed by atoms with Crippen molar-refractivity contribution in [3.8, 4) is 5.75 Å². The van der Waals surface area contributed by atoms with Crippen LogP contribution in [0.4, 0.5) is 0 Å². The summed E-state index contributed by atoms with van der Waals surface area (Å²) < 4.78 is 6.03. The largest absolute Gasteiger partial charge is 0.478 e. The molecule has 6 heteroatoms. The third kappa shape index (κ3) is 3.49. The minimum atomic E-state index is -1.07. The van der Waals surface area contributed by atoms with Gasteiger partial charge in [-0.2, -0.15) is 0 Å². The first-order valence-corrected chi connectivity index (χ1v) is 8.91. The van der Waals surface area contributed by atoms with E-state index in [9.17, 15) is 9.59 Å². The van der Waals surface area contributed by atoms with Crippen LogP contribution in [0.2, 0.25) is 0 Å². The molecule has 0 saturated carbocycles. The minimum Gasteiger partial charge on any atom is -0.478 e. The highest BCUT2D eigenvalue weighted by Gasteiger charge is 2.44. The SMILES string of the molecule is CNC(=O)[C@@H]1C[C@@H](N)CN1C(=O)C(C)(C)Oc1ccc2c(c1)CCC2. The molecule has 1 aromatic carbocycles. The Labute approximate surface area is 148 Å². The fourth-order valence-electron chi connectivity index (χ4n) is 3.80. The van der Waals surface area contributed by atoms with Crippen LogP contribution in [0.25, 0.3) is 0 Å². The van der Waals surface area contributed by atoms with E-state index in [0.29, 0.717) is 18.7 Å². The molecule has 1 saturated heterocycles. The zero-order valence-corrected chi connectivity index (χ0v) is 15.2. The third-order valence-corrected chi connectivity index (χ3v) is 5.10. The predicted molar refractivity (Wildman–Crippen MR) is 95.3 cm³/mol. The number of likely N-dealkylation sites (tertiary alicyclic amines) is 1. The summed E-state index contributed by atoms with van der Waals surface area (Å²) >= 11 is 0. The quantitative estimate of drug-likeness (QED) is 0.853. The summed E-state index contributed by atoms with van der Waals surface area (Å²) in [7, 11) is 1.57. The number of rotatable bonds is 4. The molecule has 2 atom stereocenters. The van der Waals surface area contributed by atoms with Crippen LogP contribution >= 0.6 is 0 Å². The average molecular weight is 345 g/mol. The van der Waals surface area contributed by atoms with Crippen molar-refractivity contribution in [2.24, 2.45) is 5.73 Å². The molecule has 2 amide bonds. The summed E-state index contributed by atoms with van der Waals surface area (Å²) in [5.41, 5.74) is 7.58. The number of nitrogens with zero attached hydrogens (tertiary/aromatic N) is 1. The Balaban J connectivity index is 1.76. The summed E-state index contributed by atoms with van der Waals surface area (Å²) in [6, 6.07) is 5.31. The summed E-state index contributed by atoms with van der Waals surface area (Å²) in [6.07, 6.45) is 3.80. The maximum absolute atomic E-state index is 13.0. The third-order valence-electron chi connectivity index (χ3n) is 5.10. The monoisotopic (exact) mass is 345 g/mol. The second kappa shape index (κ2) is 6.67. The molecule has 0 spiro atoms. The first-order valence-electron chi connectivity index (χ1n) is 8.91. The average Bonchev–Trinajstić information content (AvgIpc) is 3.18. The van der Waals surface area contributed by atoms with Crippen LogP contribution in [0, 0.1) is 0 Å². The summed E-state index contributed by atoms with van der Waals surface area (Å²) in [6.45, 7) is 3.86. The molecule has 0 unspecified atom stereocenters. The van der Waals surface area contributed by atoms with Gasteiger partial charge in [-0.15, -0.1) is 0 Å². The maximum atomic E-state index is 13.0. The normalized spacial score (nSPS) is 22.6. The fourth-order valence-corrected chi connectivity index (χ4v) is 3.80. The highest BCUT2D eigenvalue weighted by molar-refractivity contribution is 5.92. The van der Waals surface area contributed by atoms with E-state index < -0.39 is 11.6 Å². The number of aryl methyl sites for hydroxylation is 2. The van der Waals surface area contributed by atoms with Gasteiger partial charge in [0.05, 0.1) is 0 Å². The zero-order valence-electron chi connectivity index (χ0n) is 15.2. The molecule has 1 aliphatic carbocycles. The highest BCUT2D eigenvalue weighted by atomic mass is 16.5. The number of carbonyl (C=O) groups excluding carboxylic acids is 2. The van der Waals surface area contributed by atoms with E-state index in [2.05, 4.69) is 11.4 Å². The minimum absolute atomic E-state index is 0.186. The molecule has 0 radical (unpaired) electrons. The van der Waals surface area contributed by atoms with Crippen LogP contribution in [0.15, 0.2) is 18.2 Å². The Bertz CT molecular complexity index is 686. The van der Waals surface area contributed by atoms with Crippen molar-refractivity contribution in [3.63, 3.8) is 0 Å². The van der Waals surface area contributed by atoms with Crippen LogP contribution in [0.1, 0.15) is 37.8 Å². The molecule has 2 aliphatic rings. The van der Waals surface area contributed by atoms with E-state index in [-0.39, 0.29) is 17.9 Å². The molecule has 6 nitrogen and oxygen atoms in total. The van der Waals surface area contributed by atoms with E-state index in [1.165, 1.54) is 17.5 Å². The number of fused-ring (bicyclic) bond motifs is 1. The Morgan fingerprint density at radius 1 is 1.28 bits per heavy atom. The predicted octanol–water partition coefficient (Wildman–Crippen LogP) is 1.01. The number of nitrogens with one attached hydrogen (secondary N) is 1. The number of hydrogen-bond donors (Lipinski definition) is 2. The van der Waals surface area contributed by atoms with Crippen LogP contribution in [-0.4, -0.2) is 48.0 Å². The van der Waals surface area contributed by atoms with Gasteiger partial charge in [0.15, 0.2) is 5.60 Å². The van der Waals surface area contributed by atoms with Crippen LogP contribution in [0.3, 0.4) is 0 Å². The number of benzene rings is 1. The standard InChI is InChI=1S/C19H27N3O3/c1-19(2,25-15-8-7-12-5-4-6-13(12)9-15)18(24)22-11-14(20)10-16(22)17(23)21-3/h7-9,14,16H,4-6,10-11,20H2,1-3H3,(H,21,23)/t14-,16+/m1/s1. The second-order valence-corrected chi connectivity index (χ2v) is 7.48. The van der Waals surface area contributed by atoms with E-state index in [1.54, 1.807) is 25.8 Å². The topological polar surface area (TPSA) is 84.7 Å². The Morgan fingerprint density at radius 3 is 2.72 bits per heavy atom. The molecular weight excluding hydrogens is 318 g/mol. The van der Waals surface area contributed by atoms with Gasteiger partial charge in [0, 0.05) is 19.6 Å². The molecule has 0 bridgehead atoms. The lowest BCUT2D eigenvalue weighted by molar-refractivity contribution is -0.149. The molecule has 3 N–H and O–H groups in total. The molecule has 1 fully saturated rings. The Morgan fingerprint density at radius 2 is 2.00 bits per heavy atom. The number of carbonyl (C=O) groups is 2. The molecule has 3 rings (SSSR count). The molecule has 136 valence electrons. The molecule has 1 aliphatic heterocycles. The summed E-state index contributed by atoms with van der Waals surface area (Å²) in [5, 5.41) is 2.61. The number of likely N-dealkylation sites (N-methyl/N-ethyl adjacent to an activating group) is 1. The van der Waals surface area contributed by atoms with Crippen molar-refractivity contribution in [1.82, 2.24) is 10.2 Å². The van der Waals surface area contributed by atoms with E-state index in [4.69, 9.17) is 10.5 Å². The number of amides is 2. The van der Waals surface area contributed by atoms with Gasteiger partial charge in [-0.25, -0.2) is 0 Å². The first-order chi connectivity index (χ1) is 11.8. The van der Waals surface area contributed by atoms with Crippen molar-refractivity contribution < 1.29 is 14.3 Å². The van der Waals surface area contributed by atoms with Gasteiger partial charge in [0.2, 0.25) is 5.91 Å². The van der Waals surface area contributed by atoms with E-state index >= 15 is 0 Å². The van der Waals surface area contributed by atoms with Crippen LogP contribution in [0.5, 0.6) is 5.75 Å². The van der Waals surface area contributed by atoms with Crippen LogP contribution < -0.4 is 15.8 Å². The van der Waals surface area contributed by atoms with Crippen LogP contribution in [-0.2, 0) is 22.4 Å². The van der Waals surface area contributed by atoms with Crippen molar-refractivity contribution >= 4 is 11.8 Å². The number of ether oxygens (including phenoxy) is 1. The lowest BCUT2D eigenvalue weighted by Crippen LogP contribution is -2.54. The van der Waals surface area contributed by atoms with Gasteiger partial charge >= 0.3 is 0 Å². The molecule has 1 heterocycles. The molecule has 1 aromatic rings. The number of nitrogens with two attached hydrogens (primary N) is 1. The van der Waals surface area contributed by atoms with Gasteiger partial charge in [-0.1, -0.05) is 6.07 Å². The van der Waals surface area contributed by atoms with Gasteiger partial charge in [0.1, 0.15) is 11.8 Å². The second-order valence-electron chi connectivity index (χ2n) is 7.48. The number of hydrogen-bond acceptors (Lipinski definition) is 4. The first kappa shape index (κ1) is 17.7. The fraction of sp³-hybridized carbons (Fsp3) is 0.579. The highest BCUT2D eigenvalue weighted by Crippen LogP contribution is 2.29. The Hall–Kier alpha value is -2.08. The zero-order chi connectivity index (χ0) is 18.2. The smallest absolute Gasteiger partial charge is 0.266 e. The summed E-state index contributed by atoms with van der Waals surface area (Å²) in [4.78, 5) is 26.7. The molecule has 25 heavy (non-hydrogen) atoms. The maximum Gasteiger partial charge on any atom is 0.266 e. The molecular formula is C19H27N3O3.